The molecule has 1 aliphatic heterocycles. The summed E-state index contributed by atoms with van der Waals surface area (Å²) in [7, 11) is 3.65. The molecule has 1 fully saturated rings. The van der Waals surface area contributed by atoms with Crippen molar-refractivity contribution < 1.29 is 19.0 Å². The van der Waals surface area contributed by atoms with Gasteiger partial charge in [-0.3, -0.25) is 9.36 Å². The Kier molecular flexibility index (Phi) is 8.59. The van der Waals surface area contributed by atoms with Crippen LogP contribution in [-0.4, -0.2) is 60.4 Å². The molecule has 0 aliphatic carbocycles. The second-order valence-electron chi connectivity index (χ2n) is 6.91. The number of aliphatic imine (C=N–C) groups is 1. The van der Waals surface area contributed by atoms with E-state index in [2.05, 4.69) is 16.9 Å². The molecule has 0 saturated carbocycles. The van der Waals surface area contributed by atoms with E-state index in [4.69, 9.17) is 14.2 Å². The first-order valence-electron chi connectivity index (χ1n) is 9.68. The molecular formula is C19H30N4O5. The van der Waals surface area contributed by atoms with Crippen LogP contribution in [0.4, 0.5) is 5.82 Å². The normalized spacial score (nSPS) is 20.4. The van der Waals surface area contributed by atoms with E-state index < -0.39 is 18.2 Å². The summed E-state index contributed by atoms with van der Waals surface area (Å²) in [6.07, 6.45) is 5.43. The standard InChI is InChI=1S/C19H30N4O5/c1-5-7-8-14(6-2)18(24)27-12-17-26-11-16(28-17)23-10-9-15(21-19(23)25)20-13-22(3)4/h9-10,13-14,16-17H,5-8,11-12H2,1-4H3/t14?,16-,17-/m0/s1. The molecule has 0 radical (unpaired) electrons. The lowest BCUT2D eigenvalue weighted by Crippen LogP contribution is -2.28. The van der Waals surface area contributed by atoms with Crippen LogP contribution in [-0.2, 0) is 19.0 Å². The number of carbonyl (C=O) groups excluding carboxylic acids is 1. The van der Waals surface area contributed by atoms with Crippen LogP contribution in [0.3, 0.4) is 0 Å². The van der Waals surface area contributed by atoms with E-state index in [1.807, 2.05) is 21.0 Å². The van der Waals surface area contributed by atoms with E-state index in [9.17, 15) is 9.59 Å². The Balaban J connectivity index is 1.88. The molecule has 0 amide bonds. The number of aromatic nitrogens is 2. The zero-order chi connectivity index (χ0) is 20.5. The molecule has 2 heterocycles. The van der Waals surface area contributed by atoms with Crippen molar-refractivity contribution in [2.75, 3.05) is 27.3 Å². The first-order valence-corrected chi connectivity index (χ1v) is 9.68. The molecule has 0 aromatic carbocycles. The number of nitrogens with zero attached hydrogens (tertiary/aromatic N) is 4. The SMILES string of the molecule is CCCCC(CC)C(=O)OC[C@H]1OC[C@@H](n2ccc(N=CN(C)C)nc2=O)O1. The lowest BCUT2D eigenvalue weighted by molar-refractivity contribution is -0.164. The fraction of sp³-hybridized carbons (Fsp3) is 0.684. The van der Waals surface area contributed by atoms with Crippen molar-refractivity contribution in [3.63, 3.8) is 0 Å². The van der Waals surface area contributed by atoms with Gasteiger partial charge in [0.25, 0.3) is 0 Å². The molecule has 1 saturated heterocycles. The van der Waals surface area contributed by atoms with E-state index in [1.165, 1.54) is 4.57 Å². The summed E-state index contributed by atoms with van der Waals surface area (Å²) in [5.74, 6) is -0.00944. The predicted octanol–water partition coefficient (Wildman–Crippen LogP) is 2.10. The summed E-state index contributed by atoms with van der Waals surface area (Å²) in [4.78, 5) is 34.1. The molecule has 2 rings (SSSR count). The van der Waals surface area contributed by atoms with Crippen molar-refractivity contribution in [3.05, 3.63) is 22.7 Å². The first-order chi connectivity index (χ1) is 13.4. The van der Waals surface area contributed by atoms with Crippen LogP contribution in [0.15, 0.2) is 22.1 Å². The van der Waals surface area contributed by atoms with Gasteiger partial charge in [-0.1, -0.05) is 26.7 Å². The van der Waals surface area contributed by atoms with Gasteiger partial charge in [-0.15, -0.1) is 0 Å². The highest BCUT2D eigenvalue weighted by molar-refractivity contribution is 5.72. The van der Waals surface area contributed by atoms with E-state index in [-0.39, 0.29) is 25.1 Å². The third-order valence-corrected chi connectivity index (χ3v) is 4.37. The summed E-state index contributed by atoms with van der Waals surface area (Å²) >= 11 is 0. The third kappa shape index (κ3) is 6.42. The van der Waals surface area contributed by atoms with E-state index >= 15 is 0 Å². The zero-order valence-electron chi connectivity index (χ0n) is 17.0. The van der Waals surface area contributed by atoms with Gasteiger partial charge >= 0.3 is 11.7 Å². The molecule has 156 valence electrons. The lowest BCUT2D eigenvalue weighted by Gasteiger charge is -2.16. The van der Waals surface area contributed by atoms with Gasteiger partial charge in [0.2, 0.25) is 0 Å². The second-order valence-corrected chi connectivity index (χ2v) is 6.91. The van der Waals surface area contributed by atoms with Crippen LogP contribution in [0.1, 0.15) is 45.8 Å². The monoisotopic (exact) mass is 394 g/mol. The Hall–Kier alpha value is -2.26. The van der Waals surface area contributed by atoms with Crippen LogP contribution in [0.2, 0.25) is 0 Å². The van der Waals surface area contributed by atoms with Crippen LogP contribution in [0.5, 0.6) is 0 Å². The van der Waals surface area contributed by atoms with Crippen LogP contribution in [0.25, 0.3) is 0 Å². The van der Waals surface area contributed by atoms with Crippen molar-refractivity contribution in [3.8, 4) is 0 Å². The Morgan fingerprint density at radius 3 is 2.93 bits per heavy atom. The van der Waals surface area contributed by atoms with Crippen molar-refractivity contribution in [1.82, 2.24) is 14.5 Å². The van der Waals surface area contributed by atoms with Gasteiger partial charge in [0.15, 0.2) is 18.3 Å². The average Bonchev–Trinajstić information content (AvgIpc) is 3.14. The Morgan fingerprint density at radius 2 is 2.29 bits per heavy atom. The second kappa shape index (κ2) is 10.9. The van der Waals surface area contributed by atoms with Crippen molar-refractivity contribution >= 4 is 18.1 Å². The average molecular weight is 394 g/mol. The molecule has 0 spiro atoms. The van der Waals surface area contributed by atoms with Crippen molar-refractivity contribution in [2.24, 2.45) is 10.9 Å². The quantitative estimate of drug-likeness (QED) is 0.341. The number of esters is 1. The fourth-order valence-electron chi connectivity index (χ4n) is 2.75. The minimum Gasteiger partial charge on any atom is -0.460 e. The number of rotatable bonds is 10. The van der Waals surface area contributed by atoms with Crippen molar-refractivity contribution in [1.29, 1.82) is 0 Å². The molecule has 0 N–H and O–H groups in total. The van der Waals surface area contributed by atoms with Gasteiger partial charge in [0.05, 0.1) is 18.9 Å². The third-order valence-electron chi connectivity index (χ3n) is 4.37. The van der Waals surface area contributed by atoms with Gasteiger partial charge in [0.1, 0.15) is 6.61 Å². The number of carbonyl (C=O) groups is 1. The molecule has 9 nitrogen and oxygen atoms in total. The predicted molar refractivity (Wildman–Crippen MR) is 104 cm³/mol. The van der Waals surface area contributed by atoms with Gasteiger partial charge in [-0.25, -0.2) is 9.79 Å². The van der Waals surface area contributed by atoms with Gasteiger partial charge in [0, 0.05) is 20.3 Å². The molecule has 28 heavy (non-hydrogen) atoms. The van der Waals surface area contributed by atoms with Crippen LogP contribution < -0.4 is 5.69 Å². The zero-order valence-corrected chi connectivity index (χ0v) is 17.0. The lowest BCUT2D eigenvalue weighted by atomic mass is 10.00. The van der Waals surface area contributed by atoms with Crippen molar-refractivity contribution in [2.45, 2.75) is 52.0 Å². The molecule has 1 aromatic rings. The molecule has 1 aliphatic rings. The Morgan fingerprint density at radius 1 is 1.50 bits per heavy atom. The smallest absolute Gasteiger partial charge is 0.351 e. The highest BCUT2D eigenvalue weighted by Gasteiger charge is 2.30. The van der Waals surface area contributed by atoms with Gasteiger partial charge in [-0.05, 0) is 18.9 Å². The number of unbranched alkanes of at least 4 members (excludes halogenated alkanes) is 1. The van der Waals surface area contributed by atoms with Gasteiger partial charge < -0.3 is 19.1 Å². The Bertz CT molecular complexity index is 719. The van der Waals surface area contributed by atoms with E-state index in [0.717, 1.165) is 25.7 Å². The van der Waals surface area contributed by atoms with E-state index in [0.29, 0.717) is 5.82 Å². The molecular weight excluding hydrogens is 364 g/mol. The van der Waals surface area contributed by atoms with E-state index in [1.54, 1.807) is 23.5 Å². The molecule has 1 unspecified atom stereocenters. The highest BCUT2D eigenvalue weighted by atomic mass is 16.7. The summed E-state index contributed by atoms with van der Waals surface area (Å²) < 4.78 is 17.9. The number of hydrogen-bond acceptors (Lipinski definition) is 7. The minimum absolute atomic E-state index is 0.00531. The summed E-state index contributed by atoms with van der Waals surface area (Å²) in [6.45, 7) is 4.25. The number of ether oxygens (including phenoxy) is 3. The molecule has 3 atom stereocenters. The first kappa shape index (κ1) is 22.0. The maximum atomic E-state index is 12.2. The highest BCUT2D eigenvalue weighted by Crippen LogP contribution is 2.21. The topological polar surface area (TPSA) is 95.3 Å². The largest absolute Gasteiger partial charge is 0.460 e. The maximum Gasteiger partial charge on any atom is 0.351 e. The summed E-state index contributed by atoms with van der Waals surface area (Å²) in [5.41, 5.74) is -0.481. The van der Waals surface area contributed by atoms with Crippen LogP contribution in [0, 0.1) is 5.92 Å². The molecule has 9 heteroatoms. The minimum atomic E-state index is -0.698. The summed E-state index contributed by atoms with van der Waals surface area (Å²) in [6, 6.07) is 1.62. The maximum absolute atomic E-state index is 12.2. The summed E-state index contributed by atoms with van der Waals surface area (Å²) in [5, 5.41) is 0. The molecule has 0 bridgehead atoms. The Labute approximate surface area is 165 Å². The number of hydrogen-bond donors (Lipinski definition) is 0. The van der Waals surface area contributed by atoms with Gasteiger partial charge in [-0.2, -0.15) is 4.98 Å². The fourth-order valence-corrected chi connectivity index (χ4v) is 2.75. The molecule has 1 aromatic heterocycles. The van der Waals surface area contributed by atoms with Crippen LogP contribution >= 0.6 is 0 Å².